The fourth-order valence-electron chi connectivity index (χ4n) is 4.40. The first-order chi connectivity index (χ1) is 17.3. The molecule has 1 aliphatic carbocycles. The Bertz CT molecular complexity index is 1790. The van der Waals surface area contributed by atoms with Crippen LogP contribution in [0.5, 0.6) is 0 Å². The molecule has 0 unspecified atom stereocenters. The lowest BCUT2D eigenvalue weighted by atomic mass is 10.1. The van der Waals surface area contributed by atoms with Crippen LogP contribution in [0.4, 0.5) is 0 Å². The summed E-state index contributed by atoms with van der Waals surface area (Å²) in [5.74, 6) is 0.285. The molecule has 0 saturated heterocycles. The van der Waals surface area contributed by atoms with Gasteiger partial charge < -0.3 is 0 Å². The average molecular weight is 501 g/mol. The third-order valence-electron chi connectivity index (χ3n) is 6.48. The van der Waals surface area contributed by atoms with Crippen LogP contribution in [-0.2, 0) is 29.4 Å². The average Bonchev–Trinajstić information content (AvgIpc) is 3.48. The molecule has 3 aromatic heterocycles. The van der Waals surface area contributed by atoms with Gasteiger partial charge in [-0.25, -0.2) is 13.1 Å². The molecular weight excluding hydrogens is 476 g/mol. The van der Waals surface area contributed by atoms with Crippen LogP contribution in [0.3, 0.4) is 0 Å². The summed E-state index contributed by atoms with van der Waals surface area (Å²) in [6.07, 6.45) is 7.59. The molecule has 2 N–H and O–H groups in total. The molecule has 0 spiro atoms. The van der Waals surface area contributed by atoms with Crippen molar-refractivity contribution >= 4 is 31.7 Å². The Morgan fingerprint density at radius 3 is 2.67 bits per heavy atom. The van der Waals surface area contributed by atoms with Crippen LogP contribution in [0.25, 0.3) is 32.8 Å². The molecule has 0 atom stereocenters. The highest BCUT2D eigenvalue weighted by Gasteiger charge is 2.25. The van der Waals surface area contributed by atoms with E-state index in [0.29, 0.717) is 33.5 Å². The maximum absolute atomic E-state index is 13.5. The van der Waals surface area contributed by atoms with Crippen molar-refractivity contribution in [1.82, 2.24) is 29.7 Å². The number of sulfonamides is 1. The molecule has 36 heavy (non-hydrogen) atoms. The summed E-state index contributed by atoms with van der Waals surface area (Å²) in [5, 5.41) is 13.0. The van der Waals surface area contributed by atoms with Crippen molar-refractivity contribution in [1.29, 1.82) is 0 Å². The summed E-state index contributed by atoms with van der Waals surface area (Å²) < 4.78 is 29.9. The molecular formula is C26H24N6O3S. The Morgan fingerprint density at radius 2 is 1.89 bits per heavy atom. The summed E-state index contributed by atoms with van der Waals surface area (Å²) in [4.78, 5) is 18.0. The third kappa shape index (κ3) is 4.52. The van der Waals surface area contributed by atoms with Crippen molar-refractivity contribution < 1.29 is 8.42 Å². The summed E-state index contributed by atoms with van der Waals surface area (Å²) in [5.41, 5.74) is 4.28. The number of nitrogens with one attached hydrogen (secondary N) is 2. The molecule has 3 heterocycles. The standard InChI is InChI=1S/C26H24N6O3S/c1-32-14-20(12-28-32)19-9-23-24(27-11-19)7-6-17-3-2-16(8-22(17)26(23)33)15-36(34,35)29-13-21-10-25(31-30-21)18-4-5-18/h2-3,6-12,14,18,29H,4-5,13,15H2,1H3,(H,30,31). The second kappa shape index (κ2) is 8.65. The largest absolute Gasteiger partial charge is 0.289 e. The first-order valence-corrected chi connectivity index (χ1v) is 13.4. The zero-order chi connectivity index (χ0) is 24.9. The van der Waals surface area contributed by atoms with Crippen molar-refractivity contribution in [2.24, 2.45) is 7.05 Å². The number of aromatic amines is 1. The van der Waals surface area contributed by atoms with Gasteiger partial charge in [0, 0.05) is 53.0 Å². The highest BCUT2D eigenvalue weighted by Crippen LogP contribution is 2.39. The Kier molecular flexibility index (Phi) is 5.42. The van der Waals surface area contributed by atoms with Crippen molar-refractivity contribution in [2.75, 3.05) is 0 Å². The van der Waals surface area contributed by atoms with Crippen molar-refractivity contribution in [3.8, 4) is 11.1 Å². The number of aryl methyl sites for hydroxylation is 1. The van der Waals surface area contributed by atoms with Crippen molar-refractivity contribution in [3.63, 3.8) is 0 Å². The molecule has 1 saturated carbocycles. The Balaban J connectivity index is 1.30. The quantitative estimate of drug-likeness (QED) is 0.353. The van der Waals surface area contributed by atoms with E-state index < -0.39 is 10.0 Å². The maximum Gasteiger partial charge on any atom is 0.216 e. The van der Waals surface area contributed by atoms with Crippen molar-refractivity contribution in [3.05, 3.63) is 88.2 Å². The van der Waals surface area contributed by atoms with E-state index in [0.717, 1.165) is 35.0 Å². The van der Waals surface area contributed by atoms with Crippen LogP contribution >= 0.6 is 0 Å². The number of aromatic nitrogens is 5. The summed E-state index contributed by atoms with van der Waals surface area (Å²) in [6, 6.07) is 12.5. The smallest absolute Gasteiger partial charge is 0.216 e. The molecule has 1 aliphatic rings. The van der Waals surface area contributed by atoms with Crippen LogP contribution in [0.15, 0.2) is 65.8 Å². The molecule has 0 aliphatic heterocycles. The molecule has 6 rings (SSSR count). The molecule has 0 amide bonds. The highest BCUT2D eigenvalue weighted by molar-refractivity contribution is 7.88. The van der Waals surface area contributed by atoms with Gasteiger partial charge in [0.2, 0.25) is 10.0 Å². The zero-order valence-corrected chi connectivity index (χ0v) is 20.4. The minimum absolute atomic E-state index is 0.119. The van der Waals surface area contributed by atoms with E-state index in [9.17, 15) is 13.2 Å². The van der Waals surface area contributed by atoms with Gasteiger partial charge in [0.25, 0.3) is 0 Å². The summed E-state index contributed by atoms with van der Waals surface area (Å²) in [7, 11) is -1.81. The van der Waals surface area contributed by atoms with Crippen LogP contribution in [0.1, 0.15) is 35.7 Å². The van der Waals surface area contributed by atoms with Crippen LogP contribution in [0, 0.1) is 0 Å². The minimum Gasteiger partial charge on any atom is -0.289 e. The number of nitrogens with zero attached hydrogens (tertiary/aromatic N) is 4. The monoisotopic (exact) mass is 500 g/mol. The van der Waals surface area contributed by atoms with Gasteiger partial charge in [-0.3, -0.25) is 19.6 Å². The molecule has 182 valence electrons. The molecule has 2 aromatic carbocycles. The number of benzene rings is 1. The molecule has 0 radical (unpaired) electrons. The van der Waals surface area contributed by atoms with E-state index >= 15 is 0 Å². The number of hydrogen-bond donors (Lipinski definition) is 2. The number of H-pyrrole nitrogens is 1. The molecule has 1 fully saturated rings. The molecule has 5 aromatic rings. The van der Waals surface area contributed by atoms with Gasteiger partial charge in [0.1, 0.15) is 0 Å². The fourth-order valence-corrected chi connectivity index (χ4v) is 5.48. The zero-order valence-electron chi connectivity index (χ0n) is 19.6. The predicted molar refractivity (Wildman–Crippen MR) is 138 cm³/mol. The summed E-state index contributed by atoms with van der Waals surface area (Å²) in [6.45, 7) is 0.119. The summed E-state index contributed by atoms with van der Waals surface area (Å²) >= 11 is 0. The van der Waals surface area contributed by atoms with Gasteiger partial charge in [-0.05, 0) is 48.1 Å². The van der Waals surface area contributed by atoms with E-state index in [1.54, 1.807) is 35.3 Å². The molecule has 9 nitrogen and oxygen atoms in total. The Hall–Kier alpha value is -3.89. The normalized spacial score (nSPS) is 14.0. The number of rotatable bonds is 7. The lowest BCUT2D eigenvalue weighted by Crippen LogP contribution is -2.25. The van der Waals surface area contributed by atoms with Crippen LogP contribution in [0.2, 0.25) is 0 Å². The highest BCUT2D eigenvalue weighted by atomic mass is 32.2. The minimum atomic E-state index is -3.64. The van der Waals surface area contributed by atoms with Gasteiger partial charge in [-0.2, -0.15) is 10.2 Å². The van der Waals surface area contributed by atoms with Gasteiger partial charge in [-0.1, -0.05) is 18.2 Å². The lowest BCUT2D eigenvalue weighted by molar-refractivity contribution is 0.579. The lowest BCUT2D eigenvalue weighted by Gasteiger charge is -2.06. The van der Waals surface area contributed by atoms with Crippen LogP contribution < -0.4 is 10.2 Å². The van der Waals surface area contributed by atoms with Gasteiger partial charge in [0.15, 0.2) is 5.43 Å². The third-order valence-corrected chi connectivity index (χ3v) is 7.78. The van der Waals surface area contributed by atoms with E-state index in [1.165, 1.54) is 0 Å². The first kappa shape index (κ1) is 22.6. The number of hydrogen-bond acceptors (Lipinski definition) is 6. The molecule has 0 bridgehead atoms. The van der Waals surface area contributed by atoms with E-state index in [-0.39, 0.29) is 17.7 Å². The van der Waals surface area contributed by atoms with E-state index in [4.69, 9.17) is 0 Å². The topological polar surface area (TPSA) is 123 Å². The Labute approximate surface area is 207 Å². The van der Waals surface area contributed by atoms with Crippen LogP contribution in [-0.4, -0.2) is 33.4 Å². The van der Waals surface area contributed by atoms with Gasteiger partial charge >= 0.3 is 0 Å². The number of fused-ring (bicyclic) bond motifs is 2. The second-order valence-electron chi connectivity index (χ2n) is 9.31. The SMILES string of the molecule is Cn1cc(-c2cnc3ccc4ccc(CS(=O)(=O)NCc5cc(C6CC6)[nH]n5)cc4c(=O)c3c2)cn1. The van der Waals surface area contributed by atoms with Crippen molar-refractivity contribution in [2.45, 2.75) is 31.1 Å². The molecule has 10 heteroatoms. The maximum atomic E-state index is 13.5. The van der Waals surface area contributed by atoms with E-state index in [2.05, 4.69) is 25.0 Å². The van der Waals surface area contributed by atoms with Gasteiger partial charge in [-0.15, -0.1) is 0 Å². The number of pyridine rings is 1. The Morgan fingerprint density at radius 1 is 1.06 bits per heavy atom. The van der Waals surface area contributed by atoms with E-state index in [1.807, 2.05) is 37.5 Å². The van der Waals surface area contributed by atoms with Gasteiger partial charge in [0.05, 0.1) is 29.7 Å². The predicted octanol–water partition coefficient (Wildman–Crippen LogP) is 3.37. The first-order valence-electron chi connectivity index (χ1n) is 11.7. The second-order valence-corrected chi connectivity index (χ2v) is 11.1. The fraction of sp³-hybridized carbons (Fsp3) is 0.231.